The average Bonchev–Trinajstić information content (AvgIpc) is 2.40. The van der Waals surface area contributed by atoms with Crippen LogP contribution in [0.3, 0.4) is 0 Å². The first-order valence-corrected chi connectivity index (χ1v) is 8.02. The van der Waals surface area contributed by atoms with E-state index in [0.717, 1.165) is 4.90 Å². The number of nitrogens with two attached hydrogens (primary N) is 2. The van der Waals surface area contributed by atoms with Gasteiger partial charge in [-0.15, -0.1) is 0 Å². The van der Waals surface area contributed by atoms with Gasteiger partial charge in [-0.25, -0.2) is 13.6 Å². The van der Waals surface area contributed by atoms with Crippen LogP contribution in [0, 0.1) is 0 Å². The summed E-state index contributed by atoms with van der Waals surface area (Å²) in [7, 11) is -2.26. The van der Waals surface area contributed by atoms with Gasteiger partial charge >= 0.3 is 0 Å². The van der Waals surface area contributed by atoms with E-state index in [0.29, 0.717) is 10.6 Å². The van der Waals surface area contributed by atoms with Crippen LogP contribution in [0.5, 0.6) is 5.75 Å². The molecule has 0 aliphatic carbocycles. The van der Waals surface area contributed by atoms with Crippen molar-refractivity contribution in [3.63, 3.8) is 0 Å². The first-order valence-electron chi connectivity index (χ1n) is 5.65. The summed E-state index contributed by atoms with van der Waals surface area (Å²) in [5.74, 6) is 0.693. The molecule has 0 amide bonds. The molecule has 7 heteroatoms. The number of rotatable bonds is 4. The Hall–Kier alpha value is -1.70. The summed E-state index contributed by atoms with van der Waals surface area (Å²) in [5, 5.41) is 5.13. The van der Waals surface area contributed by atoms with Crippen LogP contribution in [-0.4, -0.2) is 15.5 Å². The lowest BCUT2D eigenvalue weighted by molar-refractivity contribution is 0.405. The molecule has 0 spiro atoms. The molecule has 0 aliphatic rings. The first kappa shape index (κ1) is 14.7. The highest BCUT2D eigenvalue weighted by Crippen LogP contribution is 2.39. The van der Waals surface area contributed by atoms with E-state index in [1.165, 1.54) is 17.8 Å². The molecule has 0 heterocycles. The second kappa shape index (κ2) is 5.74. The highest BCUT2D eigenvalue weighted by atomic mass is 32.2. The minimum Gasteiger partial charge on any atom is -0.496 e. The summed E-state index contributed by atoms with van der Waals surface area (Å²) in [4.78, 5) is 1.38. The molecule has 2 aromatic carbocycles. The van der Waals surface area contributed by atoms with Crippen molar-refractivity contribution in [1.29, 1.82) is 0 Å². The van der Waals surface area contributed by atoms with E-state index in [2.05, 4.69) is 0 Å². The van der Waals surface area contributed by atoms with Gasteiger partial charge in [0.15, 0.2) is 0 Å². The lowest BCUT2D eigenvalue weighted by Crippen LogP contribution is -2.14. The molecule has 4 N–H and O–H groups in total. The second-order valence-electron chi connectivity index (χ2n) is 3.97. The highest BCUT2D eigenvalue weighted by molar-refractivity contribution is 7.99. The van der Waals surface area contributed by atoms with Crippen molar-refractivity contribution in [2.45, 2.75) is 14.7 Å². The number of para-hydroxylation sites is 2. The molecule has 5 nitrogen and oxygen atoms in total. The fourth-order valence-electron chi connectivity index (χ4n) is 1.68. The number of nitrogen functional groups attached to an aromatic ring is 1. The molecule has 0 aromatic heterocycles. The fraction of sp³-hybridized carbons (Fsp3) is 0.0769. The van der Waals surface area contributed by atoms with Gasteiger partial charge in [0.05, 0.1) is 17.7 Å². The minimum absolute atomic E-state index is 0.0719. The minimum atomic E-state index is -3.83. The van der Waals surface area contributed by atoms with Crippen molar-refractivity contribution >= 4 is 27.5 Å². The van der Waals surface area contributed by atoms with Crippen LogP contribution in [0.1, 0.15) is 0 Å². The molecular weight excluding hydrogens is 296 g/mol. The number of methoxy groups -OCH3 is 1. The Morgan fingerprint density at radius 1 is 1.05 bits per heavy atom. The number of anilines is 1. The zero-order valence-corrected chi connectivity index (χ0v) is 12.4. The van der Waals surface area contributed by atoms with E-state index in [-0.39, 0.29) is 10.6 Å². The number of ether oxygens (including phenoxy) is 1. The molecular formula is C13H14N2O3S2. The van der Waals surface area contributed by atoms with Gasteiger partial charge in [-0.3, -0.25) is 0 Å². The molecule has 2 rings (SSSR count). The molecule has 106 valence electrons. The van der Waals surface area contributed by atoms with Crippen molar-refractivity contribution < 1.29 is 13.2 Å². The number of benzene rings is 2. The maximum atomic E-state index is 11.4. The standard InChI is InChI=1S/C13H14N2O3S2/c1-18-9-5-2-3-6-10(9)19-11-7-4-8-12(13(11)14)20(15,16)17/h2-8H,14H2,1H3,(H2,15,16,17). The topological polar surface area (TPSA) is 95.4 Å². The van der Waals surface area contributed by atoms with Crippen LogP contribution < -0.4 is 15.6 Å². The Labute approximate surface area is 122 Å². The highest BCUT2D eigenvalue weighted by Gasteiger charge is 2.16. The lowest BCUT2D eigenvalue weighted by Gasteiger charge is -2.11. The van der Waals surface area contributed by atoms with Crippen LogP contribution in [-0.2, 0) is 10.0 Å². The van der Waals surface area contributed by atoms with Crippen molar-refractivity contribution in [3.8, 4) is 5.75 Å². The molecule has 0 atom stereocenters. The van der Waals surface area contributed by atoms with Gasteiger partial charge in [0.2, 0.25) is 10.0 Å². The molecule has 20 heavy (non-hydrogen) atoms. The summed E-state index contributed by atoms with van der Waals surface area (Å²) in [5.41, 5.74) is 6.03. The molecule has 0 fully saturated rings. The first-order chi connectivity index (χ1) is 9.43. The quantitative estimate of drug-likeness (QED) is 0.843. The Bertz CT molecular complexity index is 730. The lowest BCUT2D eigenvalue weighted by atomic mass is 10.3. The van der Waals surface area contributed by atoms with Crippen LogP contribution >= 0.6 is 11.8 Å². The number of sulfonamides is 1. The summed E-state index contributed by atoms with van der Waals surface area (Å²) < 4.78 is 28.1. The van der Waals surface area contributed by atoms with Gasteiger partial charge in [-0.2, -0.15) is 0 Å². The third-order valence-corrected chi connectivity index (χ3v) is 4.72. The molecule has 0 unspecified atom stereocenters. The van der Waals surface area contributed by atoms with E-state index >= 15 is 0 Å². The summed E-state index contributed by atoms with van der Waals surface area (Å²) in [6, 6.07) is 12.1. The zero-order chi connectivity index (χ0) is 14.8. The number of hydrogen-bond acceptors (Lipinski definition) is 5. The van der Waals surface area contributed by atoms with Gasteiger partial charge in [-0.1, -0.05) is 30.0 Å². The molecule has 0 bridgehead atoms. The van der Waals surface area contributed by atoms with Crippen LogP contribution in [0.25, 0.3) is 0 Å². The van der Waals surface area contributed by atoms with Crippen LogP contribution in [0.15, 0.2) is 57.2 Å². The van der Waals surface area contributed by atoms with Gasteiger partial charge in [0, 0.05) is 4.90 Å². The molecule has 0 saturated carbocycles. The average molecular weight is 310 g/mol. The molecule has 0 aliphatic heterocycles. The van der Waals surface area contributed by atoms with E-state index < -0.39 is 10.0 Å². The Balaban J connectivity index is 2.45. The van der Waals surface area contributed by atoms with E-state index in [4.69, 9.17) is 15.6 Å². The molecule has 2 aromatic rings. The maximum absolute atomic E-state index is 11.4. The third-order valence-electron chi connectivity index (χ3n) is 2.62. The largest absolute Gasteiger partial charge is 0.496 e. The Morgan fingerprint density at radius 3 is 2.35 bits per heavy atom. The van der Waals surface area contributed by atoms with E-state index in [1.807, 2.05) is 24.3 Å². The predicted octanol–water partition coefficient (Wildman–Crippen LogP) is 2.08. The second-order valence-corrected chi connectivity index (χ2v) is 6.58. The van der Waals surface area contributed by atoms with E-state index in [9.17, 15) is 8.42 Å². The monoisotopic (exact) mass is 310 g/mol. The van der Waals surface area contributed by atoms with E-state index in [1.54, 1.807) is 19.2 Å². The van der Waals surface area contributed by atoms with Crippen molar-refractivity contribution in [3.05, 3.63) is 42.5 Å². The van der Waals surface area contributed by atoms with Gasteiger partial charge < -0.3 is 10.5 Å². The predicted molar refractivity (Wildman–Crippen MR) is 79.3 cm³/mol. The number of primary sulfonamides is 1. The van der Waals surface area contributed by atoms with Gasteiger partial charge in [-0.05, 0) is 24.3 Å². The molecule has 0 radical (unpaired) electrons. The normalized spacial score (nSPS) is 11.3. The third kappa shape index (κ3) is 3.06. The summed E-state index contributed by atoms with van der Waals surface area (Å²) >= 11 is 1.33. The Kier molecular flexibility index (Phi) is 4.22. The van der Waals surface area contributed by atoms with Crippen molar-refractivity contribution in [2.75, 3.05) is 12.8 Å². The van der Waals surface area contributed by atoms with Crippen molar-refractivity contribution in [2.24, 2.45) is 5.14 Å². The SMILES string of the molecule is COc1ccccc1Sc1cccc(S(N)(=O)=O)c1N. The Morgan fingerprint density at radius 2 is 1.70 bits per heavy atom. The molecule has 0 saturated heterocycles. The van der Waals surface area contributed by atoms with Crippen molar-refractivity contribution in [1.82, 2.24) is 0 Å². The van der Waals surface area contributed by atoms with Crippen LogP contribution in [0.4, 0.5) is 5.69 Å². The fourth-order valence-corrected chi connectivity index (χ4v) is 3.43. The summed E-state index contributed by atoms with van der Waals surface area (Å²) in [6.07, 6.45) is 0. The maximum Gasteiger partial charge on any atom is 0.240 e. The van der Waals surface area contributed by atoms with Gasteiger partial charge in [0.1, 0.15) is 10.6 Å². The zero-order valence-electron chi connectivity index (χ0n) is 10.7. The van der Waals surface area contributed by atoms with Gasteiger partial charge in [0.25, 0.3) is 0 Å². The van der Waals surface area contributed by atoms with Crippen LogP contribution in [0.2, 0.25) is 0 Å². The summed E-state index contributed by atoms with van der Waals surface area (Å²) in [6.45, 7) is 0. The number of hydrogen-bond donors (Lipinski definition) is 2. The smallest absolute Gasteiger partial charge is 0.240 e.